The van der Waals surface area contributed by atoms with Crippen LogP contribution < -0.4 is 10.1 Å². The molecule has 135 valence electrons. The fourth-order valence-corrected chi connectivity index (χ4v) is 3.96. The van der Waals surface area contributed by atoms with Gasteiger partial charge in [0.2, 0.25) is 5.95 Å². The fraction of sp³-hybridized carbons (Fsp3) is 0.0526. The lowest BCUT2D eigenvalue weighted by molar-refractivity contribution is 0.413. The maximum absolute atomic E-state index is 13.1. The number of rotatable bonds is 5. The molecule has 8 heteroatoms. The lowest BCUT2D eigenvalue weighted by Crippen LogP contribution is -2.13. The first kappa shape index (κ1) is 17.0. The lowest BCUT2D eigenvalue weighted by Gasteiger charge is -2.09. The number of nitrogens with zero attached hydrogens (tertiary/aromatic N) is 3. The van der Waals surface area contributed by atoms with Gasteiger partial charge in [-0.2, -0.15) is 4.98 Å². The Balaban J connectivity index is 1.78. The summed E-state index contributed by atoms with van der Waals surface area (Å²) in [6.07, 6.45) is 3.05. The minimum atomic E-state index is -3.83. The van der Waals surface area contributed by atoms with Gasteiger partial charge in [0.05, 0.1) is 12.0 Å². The Morgan fingerprint density at radius 1 is 1.15 bits per heavy atom. The molecule has 0 saturated carbocycles. The van der Waals surface area contributed by atoms with Gasteiger partial charge >= 0.3 is 0 Å². The van der Waals surface area contributed by atoms with Gasteiger partial charge < -0.3 is 10.1 Å². The second-order valence-corrected chi connectivity index (χ2v) is 7.50. The summed E-state index contributed by atoms with van der Waals surface area (Å²) in [6.45, 7) is 0. The maximum atomic E-state index is 13.1. The van der Waals surface area contributed by atoms with Crippen LogP contribution in [-0.4, -0.2) is 29.5 Å². The molecular weight excluding hydrogens is 364 g/mol. The minimum Gasteiger partial charge on any atom is -0.497 e. The van der Waals surface area contributed by atoms with Gasteiger partial charge in [-0.25, -0.2) is 17.4 Å². The first-order valence-electron chi connectivity index (χ1n) is 8.05. The lowest BCUT2D eigenvalue weighted by atomic mass is 10.3. The number of methoxy groups -OCH3 is 1. The summed E-state index contributed by atoms with van der Waals surface area (Å²) >= 11 is 0. The van der Waals surface area contributed by atoms with Crippen molar-refractivity contribution in [3.05, 3.63) is 73.1 Å². The Morgan fingerprint density at radius 2 is 1.96 bits per heavy atom. The van der Waals surface area contributed by atoms with E-state index in [-0.39, 0.29) is 10.5 Å². The predicted molar refractivity (Wildman–Crippen MR) is 102 cm³/mol. The van der Waals surface area contributed by atoms with E-state index >= 15 is 0 Å². The van der Waals surface area contributed by atoms with E-state index in [1.165, 1.54) is 25.4 Å². The molecule has 0 amide bonds. The molecule has 0 aliphatic rings. The highest BCUT2D eigenvalue weighted by Gasteiger charge is 2.20. The van der Waals surface area contributed by atoms with Gasteiger partial charge in [0.1, 0.15) is 5.75 Å². The van der Waals surface area contributed by atoms with Crippen LogP contribution in [0.1, 0.15) is 0 Å². The molecule has 0 bridgehead atoms. The summed E-state index contributed by atoms with van der Waals surface area (Å²) < 4.78 is 32.4. The molecule has 4 aromatic rings. The van der Waals surface area contributed by atoms with E-state index in [0.717, 1.165) is 9.66 Å². The van der Waals surface area contributed by atoms with Crippen molar-refractivity contribution in [1.82, 2.24) is 13.9 Å². The Bertz CT molecular complexity index is 1200. The highest BCUT2D eigenvalue weighted by atomic mass is 32.2. The molecule has 1 radical (unpaired) electrons. The van der Waals surface area contributed by atoms with Gasteiger partial charge in [0.15, 0.2) is 5.65 Å². The van der Waals surface area contributed by atoms with Gasteiger partial charge in [-0.3, -0.25) is 0 Å². The van der Waals surface area contributed by atoms with Gasteiger partial charge in [-0.1, -0.05) is 18.2 Å². The first-order chi connectivity index (χ1) is 13.1. The molecule has 0 fully saturated rings. The smallest absolute Gasteiger partial charge is 0.269 e. The summed E-state index contributed by atoms with van der Waals surface area (Å²) in [7, 11) is -2.34. The number of nitrogens with one attached hydrogen (secondary N) is 1. The van der Waals surface area contributed by atoms with E-state index in [4.69, 9.17) is 4.74 Å². The van der Waals surface area contributed by atoms with Crippen LogP contribution in [0.3, 0.4) is 0 Å². The normalized spacial score (nSPS) is 11.4. The number of fused-ring (bicyclic) bond motifs is 1. The number of aromatic nitrogens is 3. The van der Waals surface area contributed by atoms with Crippen LogP contribution in [-0.2, 0) is 10.0 Å². The number of ether oxygens (including phenoxy) is 1. The highest BCUT2D eigenvalue weighted by Crippen LogP contribution is 2.24. The van der Waals surface area contributed by atoms with Gasteiger partial charge in [0, 0.05) is 29.5 Å². The van der Waals surface area contributed by atoms with Crippen molar-refractivity contribution in [2.45, 2.75) is 4.90 Å². The molecule has 0 unspecified atom stereocenters. The zero-order valence-corrected chi connectivity index (χ0v) is 15.1. The summed E-state index contributed by atoms with van der Waals surface area (Å²) in [6, 6.07) is 18.1. The summed E-state index contributed by atoms with van der Waals surface area (Å²) in [5.41, 5.74) is 1.07. The molecule has 2 aromatic heterocycles. The van der Waals surface area contributed by atoms with Crippen LogP contribution in [0.15, 0.2) is 71.9 Å². The predicted octanol–water partition coefficient (Wildman–Crippen LogP) is 3.22. The van der Waals surface area contributed by atoms with E-state index in [2.05, 4.69) is 21.4 Å². The molecule has 0 saturated heterocycles. The number of benzene rings is 2. The zero-order chi connectivity index (χ0) is 18.9. The summed E-state index contributed by atoms with van der Waals surface area (Å²) in [5.74, 6) is 0.764. The van der Waals surface area contributed by atoms with Gasteiger partial charge in [-0.15, -0.1) is 0 Å². The van der Waals surface area contributed by atoms with Crippen molar-refractivity contribution < 1.29 is 13.2 Å². The SMILES string of the molecule is COc1cccc(S(=O)(=O)n2ccc3cnc(Nc4cc[c]cc4)nc32)c1. The van der Waals surface area contributed by atoms with Crippen molar-refractivity contribution in [1.29, 1.82) is 0 Å². The largest absolute Gasteiger partial charge is 0.497 e. The summed E-state index contributed by atoms with van der Waals surface area (Å²) in [4.78, 5) is 8.74. The van der Waals surface area contributed by atoms with Crippen molar-refractivity contribution in [2.24, 2.45) is 0 Å². The molecule has 0 atom stereocenters. The quantitative estimate of drug-likeness (QED) is 0.573. The average molecular weight is 379 g/mol. The maximum Gasteiger partial charge on any atom is 0.269 e. The van der Waals surface area contributed by atoms with Crippen molar-refractivity contribution in [3.8, 4) is 5.75 Å². The molecular formula is C19H15N4O3S. The molecule has 0 aliphatic carbocycles. The van der Waals surface area contributed by atoms with Crippen LogP contribution in [0.5, 0.6) is 5.75 Å². The second kappa shape index (κ2) is 6.73. The molecule has 2 aromatic carbocycles. The molecule has 0 aliphatic heterocycles. The third-order valence-electron chi connectivity index (χ3n) is 3.97. The monoisotopic (exact) mass is 379 g/mol. The number of hydrogen-bond donors (Lipinski definition) is 1. The van der Waals surface area contributed by atoms with E-state index in [1.807, 2.05) is 12.1 Å². The fourth-order valence-electron chi connectivity index (χ4n) is 2.62. The van der Waals surface area contributed by atoms with Crippen LogP contribution in [0.25, 0.3) is 11.0 Å². The van der Waals surface area contributed by atoms with E-state index in [0.29, 0.717) is 17.1 Å². The van der Waals surface area contributed by atoms with Crippen LogP contribution in [0, 0.1) is 6.07 Å². The number of hydrogen-bond acceptors (Lipinski definition) is 6. The van der Waals surface area contributed by atoms with Gasteiger partial charge in [0.25, 0.3) is 10.0 Å². The minimum absolute atomic E-state index is 0.117. The third-order valence-corrected chi connectivity index (χ3v) is 5.63. The molecule has 7 nitrogen and oxygen atoms in total. The average Bonchev–Trinajstić information content (AvgIpc) is 3.13. The van der Waals surface area contributed by atoms with Crippen molar-refractivity contribution in [2.75, 3.05) is 12.4 Å². The van der Waals surface area contributed by atoms with Crippen LogP contribution in [0.2, 0.25) is 0 Å². The van der Waals surface area contributed by atoms with Crippen molar-refractivity contribution in [3.63, 3.8) is 0 Å². The Labute approximate surface area is 156 Å². The standard InChI is InChI=1S/C19H15N4O3S/c1-26-16-8-5-9-17(12-16)27(24,25)23-11-10-14-13-20-19(22-18(14)23)21-15-6-3-2-4-7-15/h3-13H,1H3,(H,20,21,22). The first-order valence-corrected chi connectivity index (χ1v) is 9.49. The molecule has 4 rings (SSSR count). The molecule has 0 spiro atoms. The Morgan fingerprint density at radius 3 is 2.74 bits per heavy atom. The molecule has 1 N–H and O–H groups in total. The zero-order valence-electron chi connectivity index (χ0n) is 14.3. The molecule has 27 heavy (non-hydrogen) atoms. The topological polar surface area (TPSA) is 86.1 Å². The highest BCUT2D eigenvalue weighted by molar-refractivity contribution is 7.90. The second-order valence-electron chi connectivity index (χ2n) is 5.68. The van der Waals surface area contributed by atoms with E-state index in [9.17, 15) is 8.42 Å². The number of anilines is 2. The van der Waals surface area contributed by atoms with Crippen LogP contribution >= 0.6 is 0 Å². The summed E-state index contributed by atoms with van der Waals surface area (Å²) in [5, 5.41) is 3.67. The van der Waals surface area contributed by atoms with Crippen molar-refractivity contribution >= 4 is 32.7 Å². The molecule has 2 heterocycles. The Hall–Kier alpha value is -3.39. The Kier molecular flexibility index (Phi) is 4.25. The van der Waals surface area contributed by atoms with Crippen LogP contribution in [0.4, 0.5) is 11.6 Å². The van der Waals surface area contributed by atoms with E-state index in [1.54, 1.807) is 36.5 Å². The van der Waals surface area contributed by atoms with Gasteiger partial charge in [-0.05, 0) is 36.4 Å². The van der Waals surface area contributed by atoms with E-state index < -0.39 is 10.0 Å². The third kappa shape index (κ3) is 3.22.